The number of ketones is 1. The van der Waals surface area contributed by atoms with Crippen LogP contribution in [-0.4, -0.2) is 94.0 Å². The number of carbonyl (C=O) groups is 3. The second-order valence-electron chi connectivity index (χ2n) is 19.1. The van der Waals surface area contributed by atoms with E-state index in [1.807, 2.05) is 0 Å². The minimum absolute atomic E-state index is 0.0226. The van der Waals surface area contributed by atoms with Crippen LogP contribution in [0.3, 0.4) is 0 Å². The molecule has 0 aliphatic carbocycles. The van der Waals surface area contributed by atoms with Crippen LogP contribution in [0.5, 0.6) is 0 Å². The average molecular weight is 1690 g/mol. The van der Waals surface area contributed by atoms with Crippen LogP contribution >= 0.6 is 200 Å². The molecule has 2 unspecified atom stereocenters. The van der Waals surface area contributed by atoms with Crippen LogP contribution in [0.2, 0.25) is 0 Å². The maximum absolute atomic E-state index is 12.6. The molecule has 4 N–H and O–H groups in total. The number of halogens is 13. The predicted molar refractivity (Wildman–Crippen MR) is 404 cm³/mol. The Balaban J connectivity index is 0.000000621. The van der Waals surface area contributed by atoms with Gasteiger partial charge in [0.25, 0.3) is 39.4 Å². The zero-order valence-electron chi connectivity index (χ0n) is 49.1. The highest BCUT2D eigenvalue weighted by Gasteiger charge is 2.35. The quantitative estimate of drug-likeness (QED) is 0.00931. The molecule has 0 amide bonds. The first kappa shape index (κ1) is 90.3. The number of benzene rings is 6. The summed E-state index contributed by atoms with van der Waals surface area (Å²) in [6.07, 6.45) is 3.22. The smallest absolute Gasteiger partial charge is 0.270 e. The first-order valence-corrected chi connectivity index (χ1v) is 32.8. The van der Waals surface area contributed by atoms with Gasteiger partial charge in [0.2, 0.25) is 11.4 Å². The van der Waals surface area contributed by atoms with Gasteiger partial charge in [0.05, 0.1) is 46.8 Å². The number of nitrogens with zero attached hydrogens (tertiary/aromatic N) is 7. The van der Waals surface area contributed by atoms with Gasteiger partial charge >= 0.3 is 0 Å². The number of hydrogen-bond donors (Lipinski definition) is 2. The van der Waals surface area contributed by atoms with Crippen molar-refractivity contribution in [1.82, 2.24) is 0 Å². The van der Waals surface area contributed by atoms with E-state index in [9.17, 15) is 75.1 Å². The van der Waals surface area contributed by atoms with E-state index in [1.54, 1.807) is 48.5 Å². The predicted octanol–water partition coefficient (Wildman–Crippen LogP) is 18.5. The topological polar surface area (TPSA) is 374 Å². The van der Waals surface area contributed by atoms with Crippen molar-refractivity contribution >= 4 is 277 Å². The molecule has 6 aromatic rings. The number of nitro benzene ring substituents is 6. The number of Topliss-reactive ketones (excluding diaryl/α,β-unsaturated/α-hetero) is 1. The molecule has 41 heteroatoms. The van der Waals surface area contributed by atoms with Gasteiger partial charge in [-0.1, -0.05) is 255 Å². The summed E-state index contributed by atoms with van der Waals surface area (Å²) >= 11 is 91.6. The number of aliphatic imine (C=N–C) groups is 1. The highest BCUT2D eigenvalue weighted by molar-refractivity contribution is 7.81. The molecule has 0 radical (unpaired) electrons. The molecule has 0 spiro atoms. The molecular formula is C57H46Cl13N9O15S4. The second kappa shape index (κ2) is 43.8. The normalized spacial score (nSPS) is 11.5. The Labute approximate surface area is 643 Å². The Morgan fingerprint density at radius 2 is 0.765 bits per heavy atom. The summed E-state index contributed by atoms with van der Waals surface area (Å²) in [7, 11) is 0. The van der Waals surface area contributed by atoms with Crippen molar-refractivity contribution < 1.29 is 43.9 Å². The third-order valence-corrected chi connectivity index (χ3v) is 15.1. The van der Waals surface area contributed by atoms with Crippen LogP contribution in [0.4, 0.5) is 34.1 Å². The van der Waals surface area contributed by atoms with E-state index in [1.165, 1.54) is 91.0 Å². The van der Waals surface area contributed by atoms with Crippen LogP contribution in [-0.2, 0) is 30.5 Å². The van der Waals surface area contributed by atoms with Gasteiger partial charge < -0.3 is 11.5 Å². The number of rotatable bonds is 22. The van der Waals surface area contributed by atoms with E-state index >= 15 is 0 Å². The lowest BCUT2D eigenvalue weighted by atomic mass is 9.93. The molecule has 0 saturated heterocycles. The zero-order valence-corrected chi connectivity index (χ0v) is 62.2. The van der Waals surface area contributed by atoms with Crippen LogP contribution in [0.25, 0.3) is 0 Å². The molecule has 0 aliphatic heterocycles. The van der Waals surface area contributed by atoms with Gasteiger partial charge in [-0.2, -0.15) is 0 Å². The molecule has 0 bridgehead atoms. The Hall–Kier alpha value is -5.71. The van der Waals surface area contributed by atoms with Crippen molar-refractivity contribution in [2.24, 2.45) is 22.4 Å². The zero-order chi connectivity index (χ0) is 75.1. The molecule has 6 rings (SSSR count). The van der Waals surface area contributed by atoms with Gasteiger partial charge in [-0.15, -0.1) is 0 Å². The molecule has 98 heavy (non-hydrogen) atoms. The van der Waals surface area contributed by atoms with Crippen molar-refractivity contribution in [1.29, 1.82) is 0 Å². The monoisotopic (exact) mass is 1680 g/mol. The number of nitrogens with two attached hydrogens (primary N) is 2. The Kier molecular flexibility index (Phi) is 40.4. The molecule has 0 heterocycles. The standard InChI is InChI=1S/C19H15Cl3N2O5S.C11H11Cl3N2O2S.C10H7Cl3N2O2S.C8H8N2O2S.C7H4ClNO3.C2HCl3O/c20-19(21,22)14(11-18(25)13-2-1-3-16(9-13)24(28)29)10-17(30)8-12-4-6-15(7-5-12)23(26)27;12-11(13,14)10(15)6-9(19)5-7-1-3-8(4-2-7)16(17)18;11-10(12,13)6-14-9(18)5-7-1-3-8(4-2-7)15(16)17;9-8(13)5-6-1-3-7(4-2-6)10(11)12;8-7(10)5-2-1-3-6(4-5)9(11)12;3-2(4,5)1-6/h1-7,9,14H,8,10-11H2;1-4,10H,5-6,15H2;1-4,6H,5H2;1-4H,5H2,(H2,9,13);1-4H;1H. The van der Waals surface area contributed by atoms with Crippen LogP contribution in [0.1, 0.15) is 62.2 Å². The number of non-ortho nitro benzene ring substituents is 6. The number of aldehydes is 1. The average Bonchev–Trinajstić information content (AvgIpc) is 0.856. The maximum atomic E-state index is 12.6. The lowest BCUT2D eigenvalue weighted by Crippen LogP contribution is -2.36. The van der Waals surface area contributed by atoms with Gasteiger partial charge in [-0.3, -0.25) is 75.1 Å². The van der Waals surface area contributed by atoms with Gasteiger partial charge in [0, 0.05) is 122 Å². The van der Waals surface area contributed by atoms with Crippen molar-refractivity contribution in [2.75, 3.05) is 0 Å². The van der Waals surface area contributed by atoms with Gasteiger partial charge in [-0.25, -0.2) is 4.99 Å². The van der Waals surface area contributed by atoms with Crippen molar-refractivity contribution in [3.63, 3.8) is 0 Å². The molecule has 24 nitrogen and oxygen atoms in total. The van der Waals surface area contributed by atoms with Crippen LogP contribution in [0, 0.1) is 66.6 Å². The van der Waals surface area contributed by atoms with Crippen LogP contribution in [0.15, 0.2) is 151 Å². The Bertz CT molecular complexity index is 3820. The largest absolute Gasteiger partial charge is 0.393 e. The highest BCUT2D eigenvalue weighted by Crippen LogP contribution is 2.40. The molecule has 0 aromatic heterocycles. The summed E-state index contributed by atoms with van der Waals surface area (Å²) in [6, 6.07) is 34.1. The van der Waals surface area contributed by atoms with E-state index in [2.05, 4.69) is 4.99 Å². The summed E-state index contributed by atoms with van der Waals surface area (Å²) in [4.78, 5) is 98.4. The fourth-order valence-electron chi connectivity index (χ4n) is 6.92. The number of thiocarbonyl (C=S) groups is 4. The fraction of sp³-hybridized carbons (Fsp3) is 0.228. The minimum atomic E-state index is -1.78. The fourth-order valence-corrected chi connectivity index (χ4v) is 8.98. The lowest BCUT2D eigenvalue weighted by Gasteiger charge is -2.24. The van der Waals surface area contributed by atoms with Gasteiger partial charge in [-0.05, 0) is 62.5 Å². The summed E-state index contributed by atoms with van der Waals surface area (Å²) in [5, 5.41) is 62.4. The summed E-state index contributed by atoms with van der Waals surface area (Å²) in [6.45, 7) is 0. The molecule has 0 fully saturated rings. The Morgan fingerprint density at radius 1 is 0.449 bits per heavy atom. The van der Waals surface area contributed by atoms with Crippen molar-refractivity contribution in [3.05, 3.63) is 240 Å². The SMILES string of the molecule is NC(=S)Cc1ccc([N+](=O)[O-])cc1.NC(CC(=S)Cc1ccc([N+](=O)[O-])cc1)C(Cl)(Cl)Cl.O=C(CC(CC(=S)Cc1ccc([N+](=O)[O-])cc1)C(Cl)(Cl)Cl)c1cccc([N+](=O)[O-])c1.O=C(Cl)c1cccc([N+](=O)[O-])c1.O=CC(Cl)(Cl)Cl.O=[N+]([O-])c1ccc(CC(=S)N=CC(Cl)(Cl)Cl)cc1. The molecular weight excluding hydrogens is 1640 g/mol. The highest BCUT2D eigenvalue weighted by atomic mass is 35.6. The summed E-state index contributed by atoms with van der Waals surface area (Å²) in [5.41, 5.74) is 14.3. The lowest BCUT2D eigenvalue weighted by molar-refractivity contribution is -0.385. The third kappa shape index (κ3) is 39.3. The number of alkyl halides is 12. The van der Waals surface area contributed by atoms with Gasteiger partial charge in [0.15, 0.2) is 15.9 Å². The molecule has 0 aliphatic rings. The Morgan fingerprint density at radius 3 is 1.06 bits per heavy atom. The van der Waals surface area contributed by atoms with E-state index < -0.39 is 67.7 Å². The number of nitro groups is 6. The summed E-state index contributed by atoms with van der Waals surface area (Å²) in [5.74, 6) is -1.16. The van der Waals surface area contributed by atoms with E-state index in [0.717, 1.165) is 34.5 Å². The minimum Gasteiger partial charge on any atom is -0.393 e. The first-order valence-electron chi connectivity index (χ1n) is 26.3. The second-order valence-corrected chi connectivity index (χ2v) is 31.1. The molecule has 0 saturated carbocycles. The maximum Gasteiger partial charge on any atom is 0.270 e. The summed E-state index contributed by atoms with van der Waals surface area (Å²) < 4.78 is -6.64. The van der Waals surface area contributed by atoms with Crippen molar-refractivity contribution in [2.45, 2.75) is 66.2 Å². The van der Waals surface area contributed by atoms with Crippen molar-refractivity contribution in [3.8, 4) is 0 Å². The van der Waals surface area contributed by atoms with Gasteiger partial charge in [0.1, 0.15) is 4.99 Å². The van der Waals surface area contributed by atoms with Crippen LogP contribution < -0.4 is 11.5 Å². The number of hydrogen-bond acceptors (Lipinski definition) is 20. The van der Waals surface area contributed by atoms with E-state index in [-0.39, 0.29) is 64.4 Å². The third-order valence-electron chi connectivity index (χ3n) is 11.5. The molecule has 2 atom stereocenters. The number of carbonyl (C=O) groups excluding carboxylic acids is 3. The molecule has 524 valence electrons. The van der Waals surface area contributed by atoms with E-state index in [4.69, 9.17) is 211 Å². The molecule has 6 aromatic carbocycles. The van der Waals surface area contributed by atoms with E-state index in [0.29, 0.717) is 51.8 Å². The first-order chi connectivity index (χ1) is 45.2.